The van der Waals surface area contributed by atoms with Crippen LogP contribution in [0.1, 0.15) is 29.2 Å². The maximum atomic E-state index is 9.24. The van der Waals surface area contributed by atoms with Crippen molar-refractivity contribution in [2.45, 2.75) is 6.92 Å². The topological polar surface area (TPSA) is 71.4 Å². The van der Waals surface area contributed by atoms with Crippen LogP contribution in [-0.2, 0) is 0 Å². The number of hydrogen-bond acceptors (Lipinski definition) is 3. The fourth-order valence-corrected chi connectivity index (χ4v) is 3.06. The minimum Gasteiger partial charge on any atom is -0.193 e. The molecule has 0 saturated carbocycles. The highest BCUT2D eigenvalue weighted by Gasteiger charge is 2.13. The molecule has 0 atom stereocenters. The predicted octanol–water partition coefficient (Wildman–Crippen LogP) is 5.31. The molecule has 3 heteroatoms. The second-order valence-corrected chi connectivity index (χ2v) is 5.71. The van der Waals surface area contributed by atoms with Crippen LogP contribution in [-0.4, -0.2) is 0 Å². The van der Waals surface area contributed by atoms with E-state index in [1.165, 1.54) is 0 Å². The second-order valence-electron chi connectivity index (χ2n) is 5.71. The van der Waals surface area contributed by atoms with E-state index < -0.39 is 0 Å². The molecule has 3 nitrogen and oxygen atoms in total. The van der Waals surface area contributed by atoms with Gasteiger partial charge in [-0.3, -0.25) is 0 Å². The summed E-state index contributed by atoms with van der Waals surface area (Å²) in [6, 6.07) is 17.5. The quantitative estimate of drug-likeness (QED) is 0.475. The van der Waals surface area contributed by atoms with Gasteiger partial charge in [0.1, 0.15) is 0 Å². The summed E-state index contributed by atoms with van der Waals surface area (Å²) in [6.07, 6.45) is 3.57. The van der Waals surface area contributed by atoms with Crippen molar-refractivity contribution in [3.05, 3.63) is 70.8 Å². The normalized spacial score (nSPS) is 10.9. The predicted molar refractivity (Wildman–Crippen MR) is 100 cm³/mol. The maximum Gasteiger partial charge on any atom is 0.0991 e. The third-order valence-corrected chi connectivity index (χ3v) is 4.20. The van der Waals surface area contributed by atoms with Gasteiger partial charge in [0.15, 0.2) is 0 Å². The Balaban J connectivity index is 2.62. The Kier molecular flexibility index (Phi) is 4.05. The van der Waals surface area contributed by atoms with Crippen LogP contribution in [0.5, 0.6) is 0 Å². The molecule has 0 radical (unpaired) electrons. The molecule has 3 aromatic carbocycles. The Bertz CT molecular complexity index is 1190. The lowest BCUT2D eigenvalue weighted by Gasteiger charge is -2.14. The zero-order valence-electron chi connectivity index (χ0n) is 13.7. The first-order chi connectivity index (χ1) is 12.1. The molecule has 0 bridgehead atoms. The number of rotatable bonds is 2. The molecule has 0 fully saturated rings. The Hall–Kier alpha value is -3.87. The van der Waals surface area contributed by atoms with Gasteiger partial charge in [0.2, 0.25) is 0 Å². The average molecular weight is 319 g/mol. The van der Waals surface area contributed by atoms with Crippen molar-refractivity contribution in [1.29, 1.82) is 15.8 Å². The van der Waals surface area contributed by atoms with Crippen molar-refractivity contribution in [1.82, 2.24) is 0 Å². The lowest BCUT2D eigenvalue weighted by Crippen LogP contribution is -1.91. The fourth-order valence-electron chi connectivity index (χ4n) is 3.06. The first kappa shape index (κ1) is 16.0. The molecule has 0 N–H and O–H groups in total. The van der Waals surface area contributed by atoms with E-state index in [0.29, 0.717) is 16.7 Å². The van der Waals surface area contributed by atoms with Gasteiger partial charge in [-0.1, -0.05) is 24.8 Å². The second kappa shape index (κ2) is 6.32. The first-order valence-electron chi connectivity index (χ1n) is 7.67. The van der Waals surface area contributed by atoms with Crippen LogP contribution >= 0.6 is 0 Å². The van der Waals surface area contributed by atoms with E-state index in [2.05, 4.69) is 24.8 Å². The molecular weight excluding hydrogens is 306 g/mol. The molecule has 0 saturated heterocycles. The van der Waals surface area contributed by atoms with Crippen LogP contribution in [0.25, 0.3) is 33.7 Å². The molecule has 0 aliphatic carbocycles. The average Bonchev–Trinajstić information content (AvgIpc) is 2.66. The van der Waals surface area contributed by atoms with E-state index in [4.69, 9.17) is 0 Å². The molecule has 116 valence electrons. The molecule has 0 aliphatic heterocycles. The van der Waals surface area contributed by atoms with Crippen molar-refractivity contribution in [3.63, 3.8) is 0 Å². The van der Waals surface area contributed by atoms with Gasteiger partial charge < -0.3 is 0 Å². The number of benzene rings is 3. The minimum absolute atomic E-state index is 0.554. The Morgan fingerprint density at radius 3 is 2.00 bits per heavy atom. The van der Waals surface area contributed by atoms with E-state index in [0.717, 1.165) is 32.7 Å². The zero-order valence-corrected chi connectivity index (χ0v) is 13.7. The summed E-state index contributed by atoms with van der Waals surface area (Å²) in [6.45, 7) is 5.67. The molecule has 0 spiro atoms. The lowest BCUT2D eigenvalue weighted by molar-refractivity contribution is 1.46. The summed E-state index contributed by atoms with van der Waals surface area (Å²) in [5.41, 5.74) is 3.44. The van der Waals surface area contributed by atoms with Crippen LogP contribution in [0, 0.1) is 34.0 Å². The standard InChI is InChI=1S/C22H13N3/c1-3-17-20(8-14(2)11-23)18-6-4-16(13-25)10-22(18)19-7-5-15(12-24)9-21(17)19/h3-10H,1H2,2H3/b14-8+. The molecule has 3 aromatic rings. The van der Waals surface area contributed by atoms with E-state index in [1.54, 1.807) is 25.1 Å². The Labute approximate surface area is 146 Å². The molecule has 0 aromatic heterocycles. The molecular formula is C22H13N3. The van der Waals surface area contributed by atoms with E-state index in [9.17, 15) is 15.8 Å². The Morgan fingerprint density at radius 1 is 0.840 bits per heavy atom. The highest BCUT2D eigenvalue weighted by molar-refractivity contribution is 6.15. The van der Waals surface area contributed by atoms with Crippen LogP contribution < -0.4 is 0 Å². The van der Waals surface area contributed by atoms with E-state index in [1.807, 2.05) is 30.3 Å². The molecule has 0 unspecified atom stereocenters. The van der Waals surface area contributed by atoms with Gasteiger partial charge in [-0.15, -0.1) is 0 Å². The summed E-state index contributed by atoms with van der Waals surface area (Å²) >= 11 is 0. The summed E-state index contributed by atoms with van der Waals surface area (Å²) in [4.78, 5) is 0. The third kappa shape index (κ3) is 2.63. The van der Waals surface area contributed by atoms with Gasteiger partial charge in [0.25, 0.3) is 0 Å². The summed E-state index contributed by atoms with van der Waals surface area (Å²) in [7, 11) is 0. The third-order valence-electron chi connectivity index (χ3n) is 4.20. The van der Waals surface area contributed by atoms with Crippen LogP contribution in [0.3, 0.4) is 0 Å². The highest BCUT2D eigenvalue weighted by Crippen LogP contribution is 2.36. The fraction of sp³-hybridized carbons (Fsp3) is 0.0455. The summed E-state index contributed by atoms with van der Waals surface area (Å²) in [5.74, 6) is 0. The van der Waals surface area contributed by atoms with Crippen molar-refractivity contribution in [2.24, 2.45) is 0 Å². The summed E-state index contributed by atoms with van der Waals surface area (Å²) in [5, 5.41) is 31.4. The van der Waals surface area contributed by atoms with Gasteiger partial charge in [-0.25, -0.2) is 0 Å². The number of nitrogens with zero attached hydrogens (tertiary/aromatic N) is 3. The number of nitriles is 3. The van der Waals surface area contributed by atoms with Crippen LogP contribution in [0.2, 0.25) is 0 Å². The monoisotopic (exact) mass is 319 g/mol. The van der Waals surface area contributed by atoms with Crippen LogP contribution in [0.4, 0.5) is 0 Å². The van der Waals surface area contributed by atoms with Crippen LogP contribution in [0.15, 0.2) is 48.6 Å². The maximum absolute atomic E-state index is 9.24. The van der Waals surface area contributed by atoms with E-state index in [-0.39, 0.29) is 0 Å². The summed E-state index contributed by atoms with van der Waals surface area (Å²) < 4.78 is 0. The number of hydrogen-bond donors (Lipinski definition) is 0. The SMILES string of the molecule is C=Cc1c(/C=C(\C)C#N)c2ccc(C#N)cc2c2ccc(C#N)cc12. The zero-order chi connectivity index (χ0) is 18.0. The van der Waals surface area contributed by atoms with Gasteiger partial charge in [0.05, 0.1) is 29.3 Å². The lowest BCUT2D eigenvalue weighted by atomic mass is 9.89. The van der Waals surface area contributed by atoms with Crippen molar-refractivity contribution in [2.75, 3.05) is 0 Å². The smallest absolute Gasteiger partial charge is 0.0991 e. The molecule has 0 aliphatic rings. The molecule has 3 rings (SSSR count). The first-order valence-corrected chi connectivity index (χ1v) is 7.67. The van der Waals surface area contributed by atoms with Gasteiger partial charge >= 0.3 is 0 Å². The van der Waals surface area contributed by atoms with Crippen molar-refractivity contribution >= 4 is 33.7 Å². The highest BCUT2D eigenvalue weighted by atomic mass is 14.3. The largest absolute Gasteiger partial charge is 0.193 e. The van der Waals surface area contributed by atoms with Gasteiger partial charge in [-0.2, -0.15) is 15.8 Å². The molecule has 0 amide bonds. The van der Waals surface area contributed by atoms with E-state index >= 15 is 0 Å². The van der Waals surface area contributed by atoms with Crippen molar-refractivity contribution in [3.8, 4) is 18.2 Å². The van der Waals surface area contributed by atoms with Crippen molar-refractivity contribution < 1.29 is 0 Å². The number of allylic oxidation sites excluding steroid dienone is 1. The minimum atomic E-state index is 0.554. The Morgan fingerprint density at radius 2 is 1.44 bits per heavy atom. The molecule has 0 heterocycles. The number of fused-ring (bicyclic) bond motifs is 3. The van der Waals surface area contributed by atoms with Gasteiger partial charge in [-0.05, 0) is 69.9 Å². The molecule has 25 heavy (non-hydrogen) atoms. The van der Waals surface area contributed by atoms with Gasteiger partial charge in [0, 0.05) is 5.57 Å².